The summed E-state index contributed by atoms with van der Waals surface area (Å²) in [5.74, 6) is 0.692. The molecule has 0 fully saturated rings. The number of hydrogen-bond acceptors (Lipinski definition) is 2. The van der Waals surface area contributed by atoms with E-state index in [1.807, 2.05) is 13.0 Å². The Hall–Kier alpha value is -1.84. The van der Waals surface area contributed by atoms with E-state index in [4.69, 9.17) is 0 Å². The SMILES string of the molecule is Cc1ncc(CNc2ccc(C)c(F)c2)[nH]1. The lowest BCUT2D eigenvalue weighted by atomic mass is 10.2. The number of nitrogens with zero attached hydrogens (tertiary/aromatic N) is 1. The van der Waals surface area contributed by atoms with Crippen LogP contribution in [0.25, 0.3) is 0 Å². The van der Waals surface area contributed by atoms with Gasteiger partial charge in [0.15, 0.2) is 0 Å². The summed E-state index contributed by atoms with van der Waals surface area (Å²) in [6, 6.07) is 5.12. The summed E-state index contributed by atoms with van der Waals surface area (Å²) in [4.78, 5) is 7.20. The minimum absolute atomic E-state index is 0.189. The highest BCUT2D eigenvalue weighted by atomic mass is 19.1. The van der Waals surface area contributed by atoms with Gasteiger partial charge in [-0.1, -0.05) is 6.07 Å². The molecule has 0 amide bonds. The Bertz CT molecular complexity index is 491. The quantitative estimate of drug-likeness (QED) is 0.833. The summed E-state index contributed by atoms with van der Waals surface area (Å²) in [5, 5.41) is 3.13. The molecule has 0 atom stereocenters. The Balaban J connectivity index is 2.02. The van der Waals surface area contributed by atoms with Crippen molar-refractivity contribution < 1.29 is 4.39 Å². The second kappa shape index (κ2) is 4.35. The van der Waals surface area contributed by atoms with Crippen LogP contribution in [0.15, 0.2) is 24.4 Å². The molecule has 16 heavy (non-hydrogen) atoms. The fourth-order valence-electron chi connectivity index (χ4n) is 1.46. The summed E-state index contributed by atoms with van der Waals surface area (Å²) >= 11 is 0. The molecule has 2 rings (SSSR count). The first kappa shape index (κ1) is 10.7. The monoisotopic (exact) mass is 219 g/mol. The summed E-state index contributed by atoms with van der Waals surface area (Å²) < 4.78 is 13.2. The van der Waals surface area contributed by atoms with Gasteiger partial charge in [-0.2, -0.15) is 0 Å². The van der Waals surface area contributed by atoms with E-state index in [0.717, 1.165) is 17.2 Å². The van der Waals surface area contributed by atoms with E-state index in [2.05, 4.69) is 15.3 Å². The van der Waals surface area contributed by atoms with Gasteiger partial charge in [-0.25, -0.2) is 9.37 Å². The number of halogens is 1. The second-order valence-corrected chi connectivity index (χ2v) is 3.81. The van der Waals surface area contributed by atoms with E-state index >= 15 is 0 Å². The highest BCUT2D eigenvalue weighted by molar-refractivity contribution is 5.45. The van der Waals surface area contributed by atoms with Crippen LogP contribution in [0.4, 0.5) is 10.1 Å². The number of nitrogens with one attached hydrogen (secondary N) is 2. The Morgan fingerprint density at radius 3 is 2.81 bits per heavy atom. The molecule has 2 N–H and O–H groups in total. The van der Waals surface area contributed by atoms with Gasteiger partial charge in [-0.3, -0.25) is 0 Å². The zero-order valence-electron chi connectivity index (χ0n) is 9.34. The Morgan fingerprint density at radius 2 is 2.19 bits per heavy atom. The number of aromatic amines is 1. The zero-order chi connectivity index (χ0) is 11.5. The number of anilines is 1. The summed E-state index contributed by atoms with van der Waals surface area (Å²) in [5.41, 5.74) is 2.41. The van der Waals surface area contributed by atoms with E-state index in [0.29, 0.717) is 12.1 Å². The summed E-state index contributed by atoms with van der Waals surface area (Å²) in [6.45, 7) is 4.26. The van der Waals surface area contributed by atoms with Gasteiger partial charge in [0.1, 0.15) is 11.6 Å². The number of hydrogen-bond donors (Lipinski definition) is 2. The molecule has 0 unspecified atom stereocenters. The first-order valence-corrected chi connectivity index (χ1v) is 5.15. The van der Waals surface area contributed by atoms with Crippen molar-refractivity contribution in [1.82, 2.24) is 9.97 Å². The molecule has 0 bridgehead atoms. The molecule has 4 heteroatoms. The van der Waals surface area contributed by atoms with Crippen molar-refractivity contribution in [1.29, 1.82) is 0 Å². The molecule has 0 saturated heterocycles. The van der Waals surface area contributed by atoms with Gasteiger partial charge in [-0.15, -0.1) is 0 Å². The van der Waals surface area contributed by atoms with E-state index in [9.17, 15) is 4.39 Å². The molecule has 0 aliphatic heterocycles. The van der Waals surface area contributed by atoms with E-state index in [1.165, 1.54) is 6.07 Å². The van der Waals surface area contributed by atoms with Crippen LogP contribution in [0, 0.1) is 19.7 Å². The molecule has 0 saturated carbocycles. The summed E-state index contributed by atoms with van der Waals surface area (Å²) in [6.07, 6.45) is 1.77. The number of rotatable bonds is 3. The maximum absolute atomic E-state index is 13.2. The van der Waals surface area contributed by atoms with Crippen molar-refractivity contribution in [3.8, 4) is 0 Å². The van der Waals surface area contributed by atoms with Crippen LogP contribution in [0.1, 0.15) is 17.1 Å². The van der Waals surface area contributed by atoms with Crippen molar-refractivity contribution in [3.63, 3.8) is 0 Å². The van der Waals surface area contributed by atoms with E-state index < -0.39 is 0 Å². The third-order valence-electron chi connectivity index (χ3n) is 2.41. The number of aromatic nitrogens is 2. The lowest BCUT2D eigenvalue weighted by Gasteiger charge is -2.05. The van der Waals surface area contributed by atoms with Gasteiger partial charge >= 0.3 is 0 Å². The van der Waals surface area contributed by atoms with Crippen molar-refractivity contribution in [3.05, 3.63) is 47.3 Å². The fourth-order valence-corrected chi connectivity index (χ4v) is 1.46. The molecule has 1 aromatic carbocycles. The predicted molar refractivity (Wildman–Crippen MR) is 61.8 cm³/mol. The first-order chi connectivity index (χ1) is 7.65. The maximum atomic E-state index is 13.2. The minimum Gasteiger partial charge on any atom is -0.379 e. The molecule has 0 radical (unpaired) electrons. The number of H-pyrrole nitrogens is 1. The van der Waals surface area contributed by atoms with Crippen LogP contribution in [0.5, 0.6) is 0 Å². The van der Waals surface area contributed by atoms with Crippen LogP contribution in [-0.4, -0.2) is 9.97 Å². The highest BCUT2D eigenvalue weighted by Gasteiger charge is 2.00. The Labute approximate surface area is 93.7 Å². The molecule has 3 nitrogen and oxygen atoms in total. The third kappa shape index (κ3) is 2.39. The van der Waals surface area contributed by atoms with Gasteiger partial charge in [0.05, 0.1) is 18.4 Å². The topological polar surface area (TPSA) is 40.7 Å². The molecule has 0 aliphatic carbocycles. The smallest absolute Gasteiger partial charge is 0.128 e. The average molecular weight is 219 g/mol. The second-order valence-electron chi connectivity index (χ2n) is 3.81. The largest absolute Gasteiger partial charge is 0.379 e. The van der Waals surface area contributed by atoms with E-state index in [-0.39, 0.29) is 5.82 Å². The summed E-state index contributed by atoms with van der Waals surface area (Å²) in [7, 11) is 0. The van der Waals surface area contributed by atoms with Crippen molar-refractivity contribution in [2.24, 2.45) is 0 Å². The molecule has 0 aliphatic rings. The Kier molecular flexibility index (Phi) is 2.90. The van der Waals surface area contributed by atoms with Gasteiger partial charge in [-0.05, 0) is 31.5 Å². The van der Waals surface area contributed by atoms with E-state index in [1.54, 1.807) is 19.2 Å². The van der Waals surface area contributed by atoms with Gasteiger partial charge in [0.25, 0.3) is 0 Å². The van der Waals surface area contributed by atoms with Gasteiger partial charge in [0.2, 0.25) is 0 Å². The van der Waals surface area contributed by atoms with Crippen molar-refractivity contribution in [2.45, 2.75) is 20.4 Å². The number of imidazole rings is 1. The normalized spacial score (nSPS) is 10.4. The molecule has 2 aromatic rings. The minimum atomic E-state index is -0.189. The molecular weight excluding hydrogens is 205 g/mol. The maximum Gasteiger partial charge on any atom is 0.128 e. The van der Waals surface area contributed by atoms with Gasteiger partial charge < -0.3 is 10.3 Å². The zero-order valence-corrected chi connectivity index (χ0v) is 9.34. The van der Waals surface area contributed by atoms with Crippen molar-refractivity contribution in [2.75, 3.05) is 5.32 Å². The third-order valence-corrected chi connectivity index (χ3v) is 2.41. The lowest BCUT2D eigenvalue weighted by Crippen LogP contribution is -2.00. The Morgan fingerprint density at radius 1 is 1.38 bits per heavy atom. The predicted octanol–water partition coefficient (Wildman–Crippen LogP) is 2.78. The standard InChI is InChI=1S/C12H14FN3/c1-8-3-4-10(5-12(8)13)15-7-11-6-14-9(2)16-11/h3-6,15H,7H2,1-2H3,(H,14,16). The average Bonchev–Trinajstić information content (AvgIpc) is 2.66. The lowest BCUT2D eigenvalue weighted by molar-refractivity contribution is 0.619. The molecule has 1 heterocycles. The van der Waals surface area contributed by atoms with Crippen LogP contribution in [0.2, 0.25) is 0 Å². The highest BCUT2D eigenvalue weighted by Crippen LogP contribution is 2.14. The van der Waals surface area contributed by atoms with Crippen LogP contribution in [0.3, 0.4) is 0 Å². The fraction of sp³-hybridized carbons (Fsp3) is 0.250. The number of benzene rings is 1. The molecule has 1 aromatic heterocycles. The van der Waals surface area contributed by atoms with Crippen LogP contribution < -0.4 is 5.32 Å². The van der Waals surface area contributed by atoms with Crippen LogP contribution >= 0.6 is 0 Å². The van der Waals surface area contributed by atoms with Crippen molar-refractivity contribution >= 4 is 5.69 Å². The van der Waals surface area contributed by atoms with Crippen LogP contribution in [-0.2, 0) is 6.54 Å². The molecule has 84 valence electrons. The number of aryl methyl sites for hydroxylation is 2. The first-order valence-electron chi connectivity index (χ1n) is 5.15. The van der Waals surface area contributed by atoms with Gasteiger partial charge in [0, 0.05) is 5.69 Å². The molecule has 0 spiro atoms. The molecular formula is C12H14FN3.